The molecular weight excluding hydrogens is 196 g/mol. The molecule has 0 spiro atoms. The van der Waals surface area contributed by atoms with Crippen molar-refractivity contribution in [2.75, 3.05) is 0 Å². The van der Waals surface area contributed by atoms with Crippen LogP contribution >= 0.6 is 12.6 Å². The standard InChI is InChI=1S/C10H10N2OS/c1-5-2-3-6-8(5)7(4-11)10(14)12-9(6)13/h5H,2-3H2,1H3,(H2,12,13,14). The smallest absolute Gasteiger partial charge is 0.215 e. The molecule has 0 bridgehead atoms. The Hall–Kier alpha value is -1.21. The van der Waals surface area contributed by atoms with Gasteiger partial charge in [-0.2, -0.15) is 5.26 Å². The van der Waals surface area contributed by atoms with Crippen LogP contribution in [0.4, 0.5) is 0 Å². The molecule has 14 heavy (non-hydrogen) atoms. The summed E-state index contributed by atoms with van der Waals surface area (Å²) in [6.07, 6.45) is 1.77. The molecule has 0 saturated heterocycles. The third-order valence-electron chi connectivity index (χ3n) is 2.73. The lowest BCUT2D eigenvalue weighted by Crippen LogP contribution is -1.97. The van der Waals surface area contributed by atoms with Crippen molar-refractivity contribution in [3.8, 4) is 11.9 Å². The summed E-state index contributed by atoms with van der Waals surface area (Å²) in [4.78, 5) is 3.85. The van der Waals surface area contributed by atoms with Crippen molar-refractivity contribution < 1.29 is 5.11 Å². The van der Waals surface area contributed by atoms with Crippen LogP contribution in [0.25, 0.3) is 0 Å². The Morgan fingerprint density at radius 3 is 3.00 bits per heavy atom. The van der Waals surface area contributed by atoms with E-state index in [9.17, 15) is 5.11 Å². The van der Waals surface area contributed by atoms with Crippen molar-refractivity contribution in [2.45, 2.75) is 30.7 Å². The number of nitrogens with zero attached hydrogens (tertiary/aromatic N) is 2. The van der Waals surface area contributed by atoms with E-state index < -0.39 is 0 Å². The Bertz CT molecular complexity index is 437. The summed E-state index contributed by atoms with van der Waals surface area (Å²) in [5.41, 5.74) is 2.28. The summed E-state index contributed by atoms with van der Waals surface area (Å²) in [6, 6.07) is 2.10. The van der Waals surface area contributed by atoms with Gasteiger partial charge in [-0.05, 0) is 24.3 Å². The zero-order chi connectivity index (χ0) is 10.3. The fourth-order valence-corrected chi connectivity index (χ4v) is 2.29. The van der Waals surface area contributed by atoms with Crippen molar-refractivity contribution in [1.29, 1.82) is 5.26 Å². The number of aromatic nitrogens is 1. The molecule has 1 aromatic heterocycles. The third kappa shape index (κ3) is 1.17. The molecule has 3 nitrogen and oxygen atoms in total. The lowest BCUT2D eigenvalue weighted by Gasteiger charge is -2.09. The Balaban J connectivity index is 2.76. The van der Waals surface area contributed by atoms with E-state index >= 15 is 0 Å². The highest BCUT2D eigenvalue weighted by molar-refractivity contribution is 7.80. The zero-order valence-corrected chi connectivity index (χ0v) is 8.67. The number of aromatic hydroxyl groups is 1. The summed E-state index contributed by atoms with van der Waals surface area (Å²) in [5, 5.41) is 18.9. The average Bonchev–Trinajstić information content (AvgIpc) is 2.50. The van der Waals surface area contributed by atoms with Crippen LogP contribution in [-0.4, -0.2) is 10.1 Å². The van der Waals surface area contributed by atoms with Gasteiger partial charge >= 0.3 is 0 Å². The Labute approximate surface area is 87.8 Å². The summed E-state index contributed by atoms with van der Waals surface area (Å²) in [5.74, 6) is 0.354. The highest BCUT2D eigenvalue weighted by atomic mass is 32.1. The second-order valence-electron chi connectivity index (χ2n) is 3.58. The van der Waals surface area contributed by atoms with Crippen LogP contribution in [0.1, 0.15) is 36.0 Å². The van der Waals surface area contributed by atoms with Gasteiger partial charge in [-0.15, -0.1) is 12.6 Å². The Kier molecular flexibility index (Phi) is 2.12. The minimum Gasteiger partial charge on any atom is -0.493 e. The lowest BCUT2D eigenvalue weighted by atomic mass is 10.00. The van der Waals surface area contributed by atoms with E-state index in [1.807, 2.05) is 0 Å². The number of thiol groups is 1. The van der Waals surface area contributed by atoms with Crippen molar-refractivity contribution in [2.24, 2.45) is 0 Å². The number of hydrogen-bond acceptors (Lipinski definition) is 4. The van der Waals surface area contributed by atoms with Crippen LogP contribution in [0.3, 0.4) is 0 Å². The van der Waals surface area contributed by atoms with Crippen molar-refractivity contribution in [3.63, 3.8) is 0 Å². The molecule has 1 atom stereocenters. The van der Waals surface area contributed by atoms with Gasteiger partial charge in [0.2, 0.25) is 5.88 Å². The molecule has 0 fully saturated rings. The van der Waals surface area contributed by atoms with Gasteiger partial charge in [0, 0.05) is 5.56 Å². The molecule has 0 aliphatic heterocycles. The number of rotatable bonds is 0. The first-order valence-corrected chi connectivity index (χ1v) is 4.94. The maximum Gasteiger partial charge on any atom is 0.215 e. The predicted molar refractivity (Wildman–Crippen MR) is 54.6 cm³/mol. The largest absolute Gasteiger partial charge is 0.493 e. The van der Waals surface area contributed by atoms with Gasteiger partial charge in [0.25, 0.3) is 0 Å². The maximum absolute atomic E-state index is 9.58. The van der Waals surface area contributed by atoms with E-state index in [4.69, 9.17) is 5.26 Å². The van der Waals surface area contributed by atoms with Crippen molar-refractivity contribution in [1.82, 2.24) is 4.98 Å². The predicted octanol–water partition coefficient (Wildman–Crippen LogP) is 2.00. The number of nitriles is 1. The molecule has 4 heteroatoms. The summed E-state index contributed by atoms with van der Waals surface area (Å²) in [6.45, 7) is 2.05. The zero-order valence-electron chi connectivity index (χ0n) is 7.78. The molecule has 1 aliphatic rings. The topological polar surface area (TPSA) is 56.9 Å². The van der Waals surface area contributed by atoms with Gasteiger partial charge < -0.3 is 5.11 Å². The fraction of sp³-hybridized carbons (Fsp3) is 0.400. The molecule has 0 saturated carbocycles. The highest BCUT2D eigenvalue weighted by Crippen LogP contribution is 2.40. The van der Waals surface area contributed by atoms with E-state index in [-0.39, 0.29) is 5.88 Å². The van der Waals surface area contributed by atoms with Crippen LogP contribution in [-0.2, 0) is 6.42 Å². The first kappa shape index (κ1) is 9.35. The van der Waals surface area contributed by atoms with E-state index in [0.717, 1.165) is 24.0 Å². The second kappa shape index (κ2) is 3.18. The lowest BCUT2D eigenvalue weighted by molar-refractivity contribution is 0.442. The minimum atomic E-state index is 0.0355. The van der Waals surface area contributed by atoms with E-state index in [1.165, 1.54) is 0 Å². The average molecular weight is 206 g/mol. The molecule has 0 aromatic carbocycles. The van der Waals surface area contributed by atoms with Crippen LogP contribution in [0.2, 0.25) is 0 Å². The minimum absolute atomic E-state index is 0.0355. The molecule has 0 amide bonds. The first-order chi connectivity index (χ1) is 6.65. The quantitative estimate of drug-likeness (QED) is 0.638. The molecule has 1 aliphatic carbocycles. The summed E-state index contributed by atoms with van der Waals surface area (Å²) >= 11 is 4.09. The van der Waals surface area contributed by atoms with Crippen LogP contribution in [0.15, 0.2) is 5.03 Å². The van der Waals surface area contributed by atoms with Crippen molar-refractivity contribution in [3.05, 3.63) is 16.7 Å². The van der Waals surface area contributed by atoms with Gasteiger partial charge in [0.05, 0.1) is 5.56 Å². The normalized spacial score (nSPS) is 19.1. The van der Waals surface area contributed by atoms with E-state index in [0.29, 0.717) is 16.5 Å². The van der Waals surface area contributed by atoms with Gasteiger partial charge in [0.1, 0.15) is 11.1 Å². The number of pyridine rings is 1. The maximum atomic E-state index is 9.58. The molecule has 1 aromatic rings. The van der Waals surface area contributed by atoms with Crippen LogP contribution < -0.4 is 0 Å². The van der Waals surface area contributed by atoms with Gasteiger partial charge in [-0.25, -0.2) is 4.98 Å². The van der Waals surface area contributed by atoms with Crippen molar-refractivity contribution >= 4 is 12.6 Å². The molecule has 1 heterocycles. The van der Waals surface area contributed by atoms with Crippen LogP contribution in [0.5, 0.6) is 5.88 Å². The van der Waals surface area contributed by atoms with Gasteiger partial charge in [-0.3, -0.25) is 0 Å². The van der Waals surface area contributed by atoms with E-state index in [2.05, 4.69) is 30.6 Å². The van der Waals surface area contributed by atoms with Crippen LogP contribution in [0, 0.1) is 11.3 Å². The molecule has 1 unspecified atom stereocenters. The fourth-order valence-electron chi connectivity index (χ4n) is 2.02. The van der Waals surface area contributed by atoms with Gasteiger partial charge in [-0.1, -0.05) is 6.92 Å². The SMILES string of the molecule is CC1CCc2c(O)nc(S)c(C#N)c21. The highest BCUT2D eigenvalue weighted by Gasteiger charge is 2.27. The third-order valence-corrected chi connectivity index (χ3v) is 3.06. The number of hydrogen-bond donors (Lipinski definition) is 2. The number of fused-ring (bicyclic) bond motifs is 1. The molecule has 2 rings (SSSR count). The second-order valence-corrected chi connectivity index (χ2v) is 4.00. The molecule has 1 N–H and O–H groups in total. The summed E-state index contributed by atoms with van der Waals surface area (Å²) in [7, 11) is 0. The van der Waals surface area contributed by atoms with Gasteiger partial charge in [0.15, 0.2) is 0 Å². The molecule has 72 valence electrons. The Morgan fingerprint density at radius 2 is 2.36 bits per heavy atom. The first-order valence-electron chi connectivity index (χ1n) is 4.50. The molecular formula is C10H10N2OS. The summed E-state index contributed by atoms with van der Waals surface area (Å²) < 4.78 is 0. The molecule has 0 radical (unpaired) electrons. The Morgan fingerprint density at radius 1 is 1.64 bits per heavy atom. The van der Waals surface area contributed by atoms with E-state index in [1.54, 1.807) is 0 Å². The monoisotopic (exact) mass is 206 g/mol.